The minimum Gasteiger partial charge on any atom is -0.347 e. The van der Waals surface area contributed by atoms with Gasteiger partial charge in [-0.2, -0.15) is 0 Å². The molecule has 0 aliphatic carbocycles. The summed E-state index contributed by atoms with van der Waals surface area (Å²) in [5, 5.41) is 9.51. The Hall–Kier alpha value is -2.08. The van der Waals surface area contributed by atoms with Crippen LogP contribution in [0.4, 0.5) is 5.69 Å². The normalized spacial score (nSPS) is 19.7. The highest BCUT2D eigenvalue weighted by Crippen LogP contribution is 2.46. The van der Waals surface area contributed by atoms with Crippen LogP contribution in [0.2, 0.25) is 0 Å². The van der Waals surface area contributed by atoms with Gasteiger partial charge in [0.1, 0.15) is 5.82 Å². The number of benzene rings is 1. The van der Waals surface area contributed by atoms with E-state index in [4.69, 9.17) is 0 Å². The summed E-state index contributed by atoms with van der Waals surface area (Å²) in [4.78, 5) is 14.9. The van der Waals surface area contributed by atoms with Gasteiger partial charge in [0.15, 0.2) is 10.9 Å². The zero-order valence-corrected chi connectivity index (χ0v) is 17.1. The van der Waals surface area contributed by atoms with E-state index in [-0.39, 0.29) is 11.2 Å². The van der Waals surface area contributed by atoms with Gasteiger partial charge in [-0.05, 0) is 24.5 Å². The lowest BCUT2D eigenvalue weighted by atomic mass is 9.83. The zero-order chi connectivity index (χ0) is 19.0. The standard InChI is InChI=1S/C21H26N4OS/c1-21(2)16-9-6-7-10-17(16)24(3)18(21)13-15(26)14-27-20-23-22-19-11-5-4-8-12-25(19)20/h6-7,9-10,13H,4-5,8,11-12,14H2,1-3H3/b18-13-. The predicted octanol–water partition coefficient (Wildman–Crippen LogP) is 3.98. The van der Waals surface area contributed by atoms with Crippen molar-refractivity contribution in [3.8, 4) is 0 Å². The number of fused-ring (bicyclic) bond motifs is 2. The first-order chi connectivity index (χ1) is 13.0. The molecular formula is C21H26N4OS. The molecule has 1 aromatic carbocycles. The number of carbonyl (C=O) groups excluding carboxylic acids is 1. The molecule has 0 spiro atoms. The topological polar surface area (TPSA) is 51.0 Å². The van der Waals surface area contributed by atoms with Gasteiger partial charge in [-0.1, -0.05) is 50.2 Å². The third-order valence-corrected chi connectivity index (χ3v) is 6.65. The van der Waals surface area contributed by atoms with Crippen molar-refractivity contribution < 1.29 is 4.79 Å². The van der Waals surface area contributed by atoms with E-state index >= 15 is 0 Å². The van der Waals surface area contributed by atoms with E-state index in [0.29, 0.717) is 5.75 Å². The monoisotopic (exact) mass is 382 g/mol. The van der Waals surface area contributed by atoms with Crippen molar-refractivity contribution in [1.29, 1.82) is 0 Å². The molecule has 6 heteroatoms. The van der Waals surface area contributed by atoms with Crippen LogP contribution in [0.15, 0.2) is 41.2 Å². The van der Waals surface area contributed by atoms with Crippen LogP contribution in [0.5, 0.6) is 0 Å². The van der Waals surface area contributed by atoms with Gasteiger partial charge in [0, 0.05) is 42.9 Å². The molecule has 27 heavy (non-hydrogen) atoms. The predicted molar refractivity (Wildman–Crippen MR) is 109 cm³/mol. The van der Waals surface area contributed by atoms with E-state index in [1.807, 2.05) is 19.2 Å². The maximum atomic E-state index is 12.7. The van der Waals surface area contributed by atoms with Crippen molar-refractivity contribution in [2.24, 2.45) is 0 Å². The largest absolute Gasteiger partial charge is 0.347 e. The van der Waals surface area contributed by atoms with Gasteiger partial charge in [0.05, 0.1) is 5.75 Å². The summed E-state index contributed by atoms with van der Waals surface area (Å²) in [6.07, 6.45) is 6.37. The Bertz CT molecular complexity index is 899. The number of aryl methyl sites for hydroxylation is 1. The van der Waals surface area contributed by atoms with Gasteiger partial charge < -0.3 is 9.47 Å². The molecule has 1 aromatic heterocycles. The molecule has 5 nitrogen and oxygen atoms in total. The Balaban J connectivity index is 1.49. The molecule has 0 unspecified atom stereocenters. The summed E-state index contributed by atoms with van der Waals surface area (Å²) in [6, 6.07) is 8.37. The van der Waals surface area contributed by atoms with Gasteiger partial charge in [-0.25, -0.2) is 0 Å². The van der Waals surface area contributed by atoms with Gasteiger partial charge in [-0.15, -0.1) is 10.2 Å². The van der Waals surface area contributed by atoms with Crippen LogP contribution in [-0.2, 0) is 23.2 Å². The van der Waals surface area contributed by atoms with Crippen LogP contribution in [0.1, 0.15) is 44.5 Å². The second-order valence-electron chi connectivity index (χ2n) is 7.85. The summed E-state index contributed by atoms with van der Waals surface area (Å²) >= 11 is 1.50. The first-order valence-corrected chi connectivity index (χ1v) is 10.6. The smallest absolute Gasteiger partial charge is 0.191 e. The summed E-state index contributed by atoms with van der Waals surface area (Å²) in [7, 11) is 2.04. The van der Waals surface area contributed by atoms with Crippen LogP contribution >= 0.6 is 11.8 Å². The number of ketones is 1. The fourth-order valence-corrected chi connectivity index (χ4v) is 4.96. The maximum Gasteiger partial charge on any atom is 0.191 e. The van der Waals surface area contributed by atoms with Gasteiger partial charge in [-0.3, -0.25) is 4.79 Å². The molecule has 142 valence electrons. The number of nitrogens with zero attached hydrogens (tertiary/aromatic N) is 4. The fourth-order valence-electron chi connectivity index (χ4n) is 4.15. The Morgan fingerprint density at radius 3 is 2.85 bits per heavy atom. The number of allylic oxidation sites excluding steroid dienone is 2. The zero-order valence-electron chi connectivity index (χ0n) is 16.2. The Kier molecular flexibility index (Phi) is 4.84. The highest BCUT2D eigenvalue weighted by molar-refractivity contribution is 7.99. The average Bonchev–Trinajstić information content (AvgIpc) is 3.00. The van der Waals surface area contributed by atoms with Crippen LogP contribution in [0.3, 0.4) is 0 Å². The average molecular weight is 383 g/mol. The number of likely N-dealkylation sites (N-methyl/N-ethyl adjacent to an activating group) is 1. The highest BCUT2D eigenvalue weighted by atomic mass is 32.2. The van der Waals surface area contributed by atoms with Crippen LogP contribution in [-0.4, -0.2) is 33.3 Å². The number of rotatable bonds is 4. The molecule has 4 rings (SSSR count). The molecule has 0 N–H and O–H groups in total. The lowest BCUT2D eigenvalue weighted by molar-refractivity contribution is -0.112. The third kappa shape index (κ3) is 3.31. The number of anilines is 1. The molecule has 0 fully saturated rings. The molecule has 3 heterocycles. The molecule has 0 bridgehead atoms. The molecule has 2 aliphatic heterocycles. The molecule has 0 saturated carbocycles. The third-order valence-electron chi connectivity index (χ3n) is 5.66. The van der Waals surface area contributed by atoms with Crippen LogP contribution in [0, 0.1) is 0 Å². The Morgan fingerprint density at radius 2 is 2.04 bits per heavy atom. The minimum absolute atomic E-state index is 0.119. The quantitative estimate of drug-likeness (QED) is 0.591. The Morgan fingerprint density at radius 1 is 1.22 bits per heavy atom. The van der Waals surface area contributed by atoms with Crippen molar-refractivity contribution in [2.75, 3.05) is 17.7 Å². The first-order valence-electron chi connectivity index (χ1n) is 9.61. The number of thioether (sulfide) groups is 1. The summed E-state index contributed by atoms with van der Waals surface area (Å²) < 4.78 is 2.19. The number of aromatic nitrogens is 3. The Labute approximate surface area is 164 Å². The van der Waals surface area contributed by atoms with Crippen molar-refractivity contribution in [2.45, 2.75) is 56.6 Å². The lowest BCUT2D eigenvalue weighted by Crippen LogP contribution is -2.24. The molecule has 0 radical (unpaired) electrons. The van der Waals surface area contributed by atoms with Crippen molar-refractivity contribution in [1.82, 2.24) is 14.8 Å². The second-order valence-corrected chi connectivity index (χ2v) is 8.79. The van der Waals surface area contributed by atoms with Gasteiger partial charge in [0.25, 0.3) is 0 Å². The van der Waals surface area contributed by atoms with Crippen molar-refractivity contribution >= 4 is 23.2 Å². The molecule has 0 amide bonds. The van der Waals surface area contributed by atoms with E-state index in [9.17, 15) is 4.79 Å². The van der Waals surface area contributed by atoms with Crippen LogP contribution in [0.25, 0.3) is 0 Å². The summed E-state index contributed by atoms with van der Waals surface area (Å²) in [5.74, 6) is 1.57. The summed E-state index contributed by atoms with van der Waals surface area (Å²) in [6.45, 7) is 5.32. The molecule has 0 atom stereocenters. The van der Waals surface area contributed by atoms with Crippen molar-refractivity contribution in [3.05, 3.63) is 47.4 Å². The van der Waals surface area contributed by atoms with Gasteiger partial charge >= 0.3 is 0 Å². The maximum absolute atomic E-state index is 12.7. The van der Waals surface area contributed by atoms with Crippen molar-refractivity contribution in [3.63, 3.8) is 0 Å². The van der Waals surface area contributed by atoms with E-state index in [1.54, 1.807) is 0 Å². The minimum atomic E-state index is -0.169. The molecule has 2 aromatic rings. The molecule has 0 saturated heterocycles. The molecular weight excluding hydrogens is 356 g/mol. The number of para-hydroxylation sites is 1. The summed E-state index contributed by atoms with van der Waals surface area (Å²) in [5.41, 5.74) is 3.32. The van der Waals surface area contributed by atoms with E-state index in [1.165, 1.54) is 35.9 Å². The van der Waals surface area contributed by atoms with E-state index in [0.717, 1.165) is 36.1 Å². The SMILES string of the molecule is CN1/C(=C\C(=O)CSc2nnc3n2CCCCC3)C(C)(C)c2ccccc21. The number of carbonyl (C=O) groups is 1. The number of hydrogen-bond acceptors (Lipinski definition) is 5. The van der Waals surface area contributed by atoms with Crippen LogP contribution < -0.4 is 4.90 Å². The lowest BCUT2D eigenvalue weighted by Gasteiger charge is -2.23. The second kappa shape index (κ2) is 7.15. The number of hydrogen-bond donors (Lipinski definition) is 0. The van der Waals surface area contributed by atoms with E-state index in [2.05, 4.69) is 51.7 Å². The first kappa shape index (κ1) is 18.3. The van der Waals surface area contributed by atoms with Gasteiger partial charge in [0.2, 0.25) is 0 Å². The molecule has 2 aliphatic rings. The van der Waals surface area contributed by atoms with E-state index < -0.39 is 0 Å². The highest BCUT2D eigenvalue weighted by Gasteiger charge is 2.38. The fraction of sp³-hybridized carbons (Fsp3) is 0.476.